The summed E-state index contributed by atoms with van der Waals surface area (Å²) in [6.45, 7) is 2.15. The molecular formula is C15H16BrNO. The molecule has 2 nitrogen and oxygen atoms in total. The predicted molar refractivity (Wildman–Crippen MR) is 78.9 cm³/mol. The number of phenolic OH excluding ortho intramolecular Hbond substituents is 1. The van der Waals surface area contributed by atoms with Gasteiger partial charge in [-0.1, -0.05) is 35.0 Å². The number of aromatic hydroxyl groups is 1. The first kappa shape index (κ1) is 13.0. The molecule has 2 N–H and O–H groups in total. The molecule has 2 aromatic carbocycles. The summed E-state index contributed by atoms with van der Waals surface area (Å²) in [5, 5.41) is 12.7. The van der Waals surface area contributed by atoms with Crippen molar-refractivity contribution in [3.63, 3.8) is 0 Å². The summed E-state index contributed by atoms with van der Waals surface area (Å²) in [5.74, 6) is 0.288. The number of benzene rings is 2. The van der Waals surface area contributed by atoms with E-state index in [1.54, 1.807) is 12.1 Å². The minimum Gasteiger partial charge on any atom is -0.508 e. The molecule has 0 amide bonds. The number of rotatable bonds is 4. The van der Waals surface area contributed by atoms with Gasteiger partial charge in [-0.25, -0.2) is 0 Å². The molecule has 2 rings (SSSR count). The van der Waals surface area contributed by atoms with Crippen LogP contribution in [0.25, 0.3) is 0 Å². The van der Waals surface area contributed by atoms with E-state index in [-0.39, 0.29) is 11.8 Å². The van der Waals surface area contributed by atoms with Gasteiger partial charge in [0.25, 0.3) is 0 Å². The van der Waals surface area contributed by atoms with Gasteiger partial charge in [0.1, 0.15) is 5.75 Å². The Morgan fingerprint density at radius 3 is 2.50 bits per heavy atom. The standard InChI is InChI=1S/C15H16BrNO/c1-2-15(11-4-3-5-12(16)10-11)17-13-6-8-14(18)9-7-13/h3-10,15,17-18H,2H2,1H3. The predicted octanol–water partition coefficient (Wildman–Crippen LogP) is 4.72. The number of anilines is 1. The van der Waals surface area contributed by atoms with Crippen LogP contribution in [-0.4, -0.2) is 5.11 Å². The molecule has 0 bridgehead atoms. The van der Waals surface area contributed by atoms with E-state index in [2.05, 4.69) is 40.3 Å². The van der Waals surface area contributed by atoms with Crippen molar-refractivity contribution in [2.45, 2.75) is 19.4 Å². The van der Waals surface area contributed by atoms with Crippen LogP contribution in [0.4, 0.5) is 5.69 Å². The third-order valence-corrected chi connectivity index (χ3v) is 3.36. The molecule has 1 unspecified atom stereocenters. The van der Waals surface area contributed by atoms with E-state index in [0.717, 1.165) is 16.6 Å². The number of phenols is 1. The monoisotopic (exact) mass is 305 g/mol. The second-order valence-electron chi connectivity index (χ2n) is 4.21. The fourth-order valence-electron chi connectivity index (χ4n) is 1.90. The summed E-state index contributed by atoms with van der Waals surface area (Å²) in [6.07, 6.45) is 0.997. The summed E-state index contributed by atoms with van der Waals surface area (Å²) >= 11 is 3.49. The molecule has 18 heavy (non-hydrogen) atoms. The number of nitrogens with one attached hydrogen (secondary N) is 1. The van der Waals surface area contributed by atoms with Crippen LogP contribution in [0, 0.1) is 0 Å². The second kappa shape index (κ2) is 5.91. The minimum absolute atomic E-state index is 0.270. The van der Waals surface area contributed by atoms with Gasteiger partial charge in [0.15, 0.2) is 0 Å². The average molecular weight is 306 g/mol. The lowest BCUT2D eigenvalue weighted by molar-refractivity contribution is 0.475. The molecule has 0 aliphatic rings. The van der Waals surface area contributed by atoms with Gasteiger partial charge in [0.2, 0.25) is 0 Å². The average Bonchev–Trinajstić information content (AvgIpc) is 2.38. The van der Waals surface area contributed by atoms with E-state index in [4.69, 9.17) is 0 Å². The summed E-state index contributed by atoms with van der Waals surface area (Å²) in [5.41, 5.74) is 2.26. The van der Waals surface area contributed by atoms with Crippen LogP contribution in [0.2, 0.25) is 0 Å². The molecular weight excluding hydrogens is 290 g/mol. The normalized spacial score (nSPS) is 12.1. The molecule has 2 aromatic rings. The Morgan fingerprint density at radius 1 is 1.17 bits per heavy atom. The molecule has 0 aromatic heterocycles. The molecule has 0 aliphatic carbocycles. The van der Waals surface area contributed by atoms with Gasteiger partial charge in [0, 0.05) is 10.2 Å². The van der Waals surface area contributed by atoms with Gasteiger partial charge in [-0.2, -0.15) is 0 Å². The van der Waals surface area contributed by atoms with E-state index >= 15 is 0 Å². The smallest absolute Gasteiger partial charge is 0.115 e. The molecule has 3 heteroatoms. The van der Waals surface area contributed by atoms with Crippen LogP contribution in [0.3, 0.4) is 0 Å². The number of hydrogen-bond donors (Lipinski definition) is 2. The fourth-order valence-corrected chi connectivity index (χ4v) is 2.32. The molecule has 0 spiro atoms. The van der Waals surface area contributed by atoms with Crippen molar-refractivity contribution in [3.05, 3.63) is 58.6 Å². The number of halogens is 1. The van der Waals surface area contributed by atoms with Gasteiger partial charge in [-0.05, 0) is 48.4 Å². The molecule has 0 heterocycles. The van der Waals surface area contributed by atoms with Crippen LogP contribution in [-0.2, 0) is 0 Å². The van der Waals surface area contributed by atoms with Crippen molar-refractivity contribution in [2.75, 3.05) is 5.32 Å². The van der Waals surface area contributed by atoms with E-state index in [1.165, 1.54) is 5.56 Å². The van der Waals surface area contributed by atoms with Crippen molar-refractivity contribution < 1.29 is 5.11 Å². The van der Waals surface area contributed by atoms with E-state index < -0.39 is 0 Å². The largest absolute Gasteiger partial charge is 0.508 e. The SMILES string of the molecule is CCC(Nc1ccc(O)cc1)c1cccc(Br)c1. The lowest BCUT2D eigenvalue weighted by Gasteiger charge is -2.19. The molecule has 0 radical (unpaired) electrons. The van der Waals surface area contributed by atoms with Gasteiger partial charge in [-0.15, -0.1) is 0 Å². The van der Waals surface area contributed by atoms with Crippen LogP contribution >= 0.6 is 15.9 Å². The van der Waals surface area contributed by atoms with Crippen LogP contribution in [0.5, 0.6) is 5.75 Å². The van der Waals surface area contributed by atoms with Gasteiger partial charge in [-0.3, -0.25) is 0 Å². The quantitative estimate of drug-likeness (QED) is 0.801. The Hall–Kier alpha value is -1.48. The Morgan fingerprint density at radius 2 is 1.89 bits per heavy atom. The molecule has 0 saturated carbocycles. The van der Waals surface area contributed by atoms with Crippen molar-refractivity contribution in [2.24, 2.45) is 0 Å². The molecule has 0 aliphatic heterocycles. The topological polar surface area (TPSA) is 32.3 Å². The Balaban J connectivity index is 2.17. The maximum atomic E-state index is 9.27. The minimum atomic E-state index is 0.270. The summed E-state index contributed by atoms with van der Waals surface area (Å²) in [4.78, 5) is 0. The Bertz CT molecular complexity index is 510. The van der Waals surface area contributed by atoms with Gasteiger partial charge < -0.3 is 10.4 Å². The molecule has 0 saturated heterocycles. The van der Waals surface area contributed by atoms with Crippen molar-refractivity contribution >= 4 is 21.6 Å². The highest BCUT2D eigenvalue weighted by molar-refractivity contribution is 9.10. The number of hydrogen-bond acceptors (Lipinski definition) is 2. The fraction of sp³-hybridized carbons (Fsp3) is 0.200. The van der Waals surface area contributed by atoms with E-state index in [1.807, 2.05) is 24.3 Å². The van der Waals surface area contributed by atoms with Crippen LogP contribution < -0.4 is 5.32 Å². The highest BCUT2D eigenvalue weighted by Crippen LogP contribution is 2.25. The van der Waals surface area contributed by atoms with Gasteiger partial charge in [0.05, 0.1) is 6.04 Å². The molecule has 0 fully saturated rings. The van der Waals surface area contributed by atoms with Crippen LogP contribution in [0.1, 0.15) is 24.9 Å². The maximum Gasteiger partial charge on any atom is 0.115 e. The zero-order valence-corrected chi connectivity index (χ0v) is 11.8. The Kier molecular flexibility index (Phi) is 4.26. The van der Waals surface area contributed by atoms with Crippen molar-refractivity contribution in [1.29, 1.82) is 0 Å². The highest BCUT2D eigenvalue weighted by Gasteiger charge is 2.09. The summed E-state index contributed by atoms with van der Waals surface area (Å²) < 4.78 is 1.09. The lowest BCUT2D eigenvalue weighted by Crippen LogP contribution is -2.09. The first-order valence-corrected chi connectivity index (χ1v) is 6.79. The van der Waals surface area contributed by atoms with Crippen LogP contribution in [0.15, 0.2) is 53.0 Å². The van der Waals surface area contributed by atoms with Gasteiger partial charge >= 0.3 is 0 Å². The molecule has 94 valence electrons. The summed E-state index contributed by atoms with van der Waals surface area (Å²) in [7, 11) is 0. The third-order valence-electron chi connectivity index (χ3n) is 2.87. The van der Waals surface area contributed by atoms with E-state index in [0.29, 0.717) is 0 Å². The van der Waals surface area contributed by atoms with Crippen molar-refractivity contribution in [1.82, 2.24) is 0 Å². The first-order valence-electron chi connectivity index (χ1n) is 6.00. The molecule has 1 atom stereocenters. The Labute approximate surface area is 116 Å². The van der Waals surface area contributed by atoms with Crippen molar-refractivity contribution in [3.8, 4) is 5.75 Å². The zero-order valence-electron chi connectivity index (χ0n) is 10.2. The highest BCUT2D eigenvalue weighted by atomic mass is 79.9. The lowest BCUT2D eigenvalue weighted by atomic mass is 10.0. The first-order chi connectivity index (χ1) is 8.69. The summed E-state index contributed by atoms with van der Waals surface area (Å²) in [6, 6.07) is 15.7. The zero-order chi connectivity index (χ0) is 13.0. The maximum absolute atomic E-state index is 9.27. The van der Waals surface area contributed by atoms with E-state index in [9.17, 15) is 5.11 Å². The second-order valence-corrected chi connectivity index (χ2v) is 5.12. The third kappa shape index (κ3) is 3.26.